The van der Waals surface area contributed by atoms with Gasteiger partial charge >= 0.3 is 0 Å². The van der Waals surface area contributed by atoms with Crippen LogP contribution in [0.2, 0.25) is 0 Å². The number of rotatable bonds is 9. The molecule has 9 nitrogen and oxygen atoms in total. The van der Waals surface area contributed by atoms with E-state index in [0.717, 1.165) is 43.0 Å². The van der Waals surface area contributed by atoms with Crippen LogP contribution in [0.4, 0.5) is 10.8 Å². The Bertz CT molecular complexity index is 1090. The molecule has 1 aromatic carbocycles. The number of hydrogen-bond donors (Lipinski definition) is 2. The molecule has 3 heterocycles. The van der Waals surface area contributed by atoms with Gasteiger partial charge in [-0.1, -0.05) is 13.0 Å². The van der Waals surface area contributed by atoms with Crippen LogP contribution in [0.1, 0.15) is 65.9 Å². The van der Waals surface area contributed by atoms with E-state index in [9.17, 15) is 14.4 Å². The maximum absolute atomic E-state index is 13.0. The molecule has 2 aromatic rings. The van der Waals surface area contributed by atoms with E-state index in [-0.39, 0.29) is 29.9 Å². The zero-order chi connectivity index (χ0) is 24.9. The van der Waals surface area contributed by atoms with E-state index in [1.807, 2.05) is 24.8 Å². The van der Waals surface area contributed by atoms with E-state index in [4.69, 9.17) is 4.74 Å². The summed E-state index contributed by atoms with van der Waals surface area (Å²) in [6, 6.07) is 5.52. The molecular weight excluding hydrogens is 466 g/mol. The third kappa shape index (κ3) is 5.82. The Balaban J connectivity index is 1.51. The number of aromatic nitrogens is 1. The molecule has 2 aliphatic heterocycles. The molecule has 3 amide bonds. The van der Waals surface area contributed by atoms with Crippen molar-refractivity contribution in [2.75, 3.05) is 37.0 Å². The molecule has 0 saturated carbocycles. The van der Waals surface area contributed by atoms with E-state index in [1.54, 1.807) is 24.6 Å². The lowest BCUT2D eigenvalue weighted by atomic mass is 10.1. The number of amides is 3. The average molecular weight is 500 g/mol. The number of carbonyl (C=O) groups is 3. The van der Waals surface area contributed by atoms with Gasteiger partial charge in [0.25, 0.3) is 11.8 Å². The first kappa shape index (κ1) is 25.1. The van der Waals surface area contributed by atoms with Crippen molar-refractivity contribution in [3.63, 3.8) is 0 Å². The van der Waals surface area contributed by atoms with Gasteiger partial charge in [0.15, 0.2) is 5.13 Å². The van der Waals surface area contributed by atoms with Crippen LogP contribution >= 0.6 is 11.3 Å². The van der Waals surface area contributed by atoms with Crippen molar-refractivity contribution in [3.8, 4) is 0 Å². The molecule has 1 unspecified atom stereocenters. The highest BCUT2D eigenvalue weighted by Crippen LogP contribution is 2.27. The molecule has 0 spiro atoms. The molecule has 35 heavy (non-hydrogen) atoms. The summed E-state index contributed by atoms with van der Waals surface area (Å²) in [7, 11) is 1.71. The molecule has 0 aliphatic carbocycles. The Morgan fingerprint density at radius 2 is 2.09 bits per heavy atom. The fourth-order valence-electron chi connectivity index (χ4n) is 4.43. The largest absolute Gasteiger partial charge is 0.380 e. The smallest absolute Gasteiger partial charge is 0.275 e. The standard InChI is InChI=1S/C25H33N5O4S/c1-4-10-26-23(32)19-12-17(13-30-16(2)5-8-22(30)31)6-7-20(19)27-24(33)21-15-35-25(28-21)29-11-9-18(14-29)34-3/h6-7,12,15-16,18H,4-5,8-11,13-14H2,1-3H3,(H,26,32)(H,27,33)/t16?,18-/m0/s1. The summed E-state index contributed by atoms with van der Waals surface area (Å²) in [5.74, 6) is -0.497. The number of hydrogen-bond acceptors (Lipinski definition) is 7. The van der Waals surface area contributed by atoms with Gasteiger partial charge in [-0.05, 0) is 43.9 Å². The number of nitrogens with zero attached hydrogens (tertiary/aromatic N) is 3. The fourth-order valence-corrected chi connectivity index (χ4v) is 5.28. The van der Waals surface area contributed by atoms with Gasteiger partial charge in [-0.15, -0.1) is 11.3 Å². The lowest BCUT2D eigenvalue weighted by Crippen LogP contribution is -2.30. The number of thiazole rings is 1. The Hall–Kier alpha value is -2.98. The molecule has 2 fully saturated rings. The van der Waals surface area contributed by atoms with Crippen LogP contribution in [-0.2, 0) is 16.1 Å². The SMILES string of the molecule is CCCNC(=O)c1cc(CN2C(=O)CCC2C)ccc1NC(=O)c1csc(N2CC[C@H](OC)C2)n1. The van der Waals surface area contributed by atoms with Gasteiger partial charge in [0.05, 0.1) is 17.4 Å². The lowest BCUT2D eigenvalue weighted by Gasteiger charge is -2.22. The highest BCUT2D eigenvalue weighted by atomic mass is 32.1. The highest BCUT2D eigenvalue weighted by molar-refractivity contribution is 7.14. The van der Waals surface area contributed by atoms with Gasteiger partial charge in [-0.25, -0.2) is 4.98 Å². The predicted octanol–water partition coefficient (Wildman–Crippen LogP) is 3.27. The second kappa shape index (κ2) is 11.2. The maximum Gasteiger partial charge on any atom is 0.275 e. The van der Waals surface area contributed by atoms with Crippen molar-refractivity contribution in [1.29, 1.82) is 0 Å². The second-order valence-corrected chi connectivity index (χ2v) is 9.94. The van der Waals surface area contributed by atoms with Gasteiger partial charge in [-0.2, -0.15) is 0 Å². The van der Waals surface area contributed by atoms with Crippen molar-refractivity contribution in [2.24, 2.45) is 0 Å². The molecule has 0 radical (unpaired) electrons. The minimum absolute atomic E-state index is 0.126. The monoisotopic (exact) mass is 499 g/mol. The minimum atomic E-state index is -0.365. The van der Waals surface area contributed by atoms with Crippen LogP contribution in [0, 0.1) is 0 Å². The minimum Gasteiger partial charge on any atom is -0.380 e. The molecule has 10 heteroatoms. The van der Waals surface area contributed by atoms with Gasteiger partial charge < -0.3 is 25.2 Å². The van der Waals surface area contributed by atoms with Crippen LogP contribution in [0.5, 0.6) is 0 Å². The van der Waals surface area contributed by atoms with Crippen molar-refractivity contribution in [1.82, 2.24) is 15.2 Å². The Labute approximate surface area is 209 Å². The normalized spacial score (nSPS) is 19.9. The molecule has 0 bridgehead atoms. The molecule has 4 rings (SSSR count). The number of ether oxygens (including phenoxy) is 1. The molecule has 2 N–H and O–H groups in total. The van der Waals surface area contributed by atoms with E-state index in [1.165, 1.54) is 11.3 Å². The lowest BCUT2D eigenvalue weighted by molar-refractivity contribution is -0.129. The molecule has 2 atom stereocenters. The Morgan fingerprint density at radius 1 is 1.26 bits per heavy atom. The van der Waals surface area contributed by atoms with Gasteiger partial charge in [0, 0.05) is 51.1 Å². The van der Waals surface area contributed by atoms with E-state index >= 15 is 0 Å². The second-order valence-electron chi connectivity index (χ2n) is 9.11. The first-order valence-electron chi connectivity index (χ1n) is 12.1. The zero-order valence-corrected chi connectivity index (χ0v) is 21.3. The summed E-state index contributed by atoms with van der Waals surface area (Å²) in [6.45, 7) is 6.59. The molecule has 188 valence electrons. The maximum atomic E-state index is 13.0. The average Bonchev–Trinajstić information content (AvgIpc) is 3.60. The summed E-state index contributed by atoms with van der Waals surface area (Å²) in [4.78, 5) is 46.6. The molecule has 2 saturated heterocycles. The predicted molar refractivity (Wildman–Crippen MR) is 136 cm³/mol. The van der Waals surface area contributed by atoms with Crippen LogP contribution < -0.4 is 15.5 Å². The van der Waals surface area contributed by atoms with Gasteiger partial charge in [0.1, 0.15) is 5.69 Å². The zero-order valence-electron chi connectivity index (χ0n) is 20.5. The molecule has 2 aliphatic rings. The third-order valence-electron chi connectivity index (χ3n) is 6.57. The van der Waals surface area contributed by atoms with Crippen molar-refractivity contribution >= 4 is 39.9 Å². The summed E-state index contributed by atoms with van der Waals surface area (Å²) < 4.78 is 5.42. The number of nitrogens with one attached hydrogen (secondary N) is 2. The van der Waals surface area contributed by atoms with Gasteiger partial charge in [-0.3, -0.25) is 14.4 Å². The van der Waals surface area contributed by atoms with Crippen LogP contribution in [0.15, 0.2) is 23.6 Å². The van der Waals surface area contributed by atoms with Crippen LogP contribution in [0.25, 0.3) is 0 Å². The third-order valence-corrected chi connectivity index (χ3v) is 7.47. The quantitative estimate of drug-likeness (QED) is 0.549. The first-order chi connectivity index (χ1) is 16.9. The van der Waals surface area contributed by atoms with E-state index < -0.39 is 0 Å². The van der Waals surface area contributed by atoms with Crippen LogP contribution in [-0.4, -0.2) is 66.5 Å². The summed E-state index contributed by atoms with van der Waals surface area (Å²) in [5, 5.41) is 8.28. The molecule has 1 aromatic heterocycles. The van der Waals surface area contributed by atoms with Crippen molar-refractivity contribution in [3.05, 3.63) is 40.4 Å². The van der Waals surface area contributed by atoms with E-state index in [2.05, 4.69) is 20.5 Å². The Kier molecular flexibility index (Phi) is 8.02. The summed E-state index contributed by atoms with van der Waals surface area (Å²) in [5.41, 5.74) is 1.96. The summed E-state index contributed by atoms with van der Waals surface area (Å²) >= 11 is 1.42. The number of methoxy groups -OCH3 is 1. The van der Waals surface area contributed by atoms with Crippen molar-refractivity contribution < 1.29 is 19.1 Å². The number of benzene rings is 1. The Morgan fingerprint density at radius 3 is 2.77 bits per heavy atom. The summed E-state index contributed by atoms with van der Waals surface area (Å²) in [6.07, 6.45) is 3.31. The van der Waals surface area contributed by atoms with E-state index in [0.29, 0.717) is 36.5 Å². The molecular formula is C25H33N5O4S. The van der Waals surface area contributed by atoms with Crippen molar-refractivity contribution in [2.45, 2.75) is 58.2 Å². The topological polar surface area (TPSA) is 104 Å². The first-order valence-corrected chi connectivity index (χ1v) is 13.0. The number of carbonyl (C=O) groups excluding carboxylic acids is 3. The van der Waals surface area contributed by atoms with Crippen LogP contribution in [0.3, 0.4) is 0 Å². The fraction of sp³-hybridized carbons (Fsp3) is 0.520. The van der Waals surface area contributed by atoms with Gasteiger partial charge in [0.2, 0.25) is 5.91 Å². The number of likely N-dealkylation sites (tertiary alicyclic amines) is 1. The highest BCUT2D eigenvalue weighted by Gasteiger charge is 2.28. The number of anilines is 2.